The Hall–Kier alpha value is -0.930. The third-order valence-electron chi connectivity index (χ3n) is 3.45. The molecule has 0 heterocycles. The van der Waals surface area contributed by atoms with Gasteiger partial charge in [0.25, 0.3) is 0 Å². The van der Waals surface area contributed by atoms with Gasteiger partial charge in [-0.2, -0.15) is 0 Å². The third-order valence-corrected chi connectivity index (χ3v) is 3.45. The molecule has 0 aliphatic heterocycles. The van der Waals surface area contributed by atoms with Crippen molar-refractivity contribution in [2.45, 2.75) is 45.2 Å². The molecule has 0 radical (unpaired) electrons. The zero-order valence-corrected chi connectivity index (χ0v) is 11.9. The molecule has 0 amide bonds. The van der Waals surface area contributed by atoms with Crippen LogP contribution in [-0.4, -0.2) is 24.0 Å². The van der Waals surface area contributed by atoms with Gasteiger partial charge in [0.15, 0.2) is 0 Å². The molecule has 1 aromatic carbocycles. The largest absolute Gasteiger partial charge is 0.324 e. The number of benzene rings is 1. The standard InChI is InChI=1S/C15H25FN2/c1-5-10-15(3,17)11-18(4)12(2)13-8-6-7-9-14(13)16/h6-9,12H,5,10-11,17H2,1-4H3. The first kappa shape index (κ1) is 15.1. The molecule has 1 aromatic rings. The van der Waals surface area contributed by atoms with Crippen molar-refractivity contribution in [3.05, 3.63) is 35.6 Å². The van der Waals surface area contributed by atoms with Crippen LogP contribution in [0.15, 0.2) is 24.3 Å². The average molecular weight is 252 g/mol. The first-order chi connectivity index (χ1) is 8.37. The smallest absolute Gasteiger partial charge is 0.127 e. The lowest BCUT2D eigenvalue weighted by Crippen LogP contribution is -2.47. The van der Waals surface area contributed by atoms with Gasteiger partial charge in [0.05, 0.1) is 0 Å². The lowest BCUT2D eigenvalue weighted by Gasteiger charge is -2.34. The molecule has 0 fully saturated rings. The highest BCUT2D eigenvalue weighted by atomic mass is 19.1. The Morgan fingerprint density at radius 1 is 1.39 bits per heavy atom. The van der Waals surface area contributed by atoms with E-state index in [1.54, 1.807) is 6.07 Å². The van der Waals surface area contributed by atoms with E-state index in [0.29, 0.717) is 0 Å². The molecule has 0 saturated heterocycles. The normalized spacial score (nSPS) is 16.6. The summed E-state index contributed by atoms with van der Waals surface area (Å²) in [7, 11) is 2.00. The Morgan fingerprint density at radius 3 is 2.56 bits per heavy atom. The Balaban J connectivity index is 2.73. The van der Waals surface area contributed by atoms with Gasteiger partial charge < -0.3 is 5.73 Å². The van der Waals surface area contributed by atoms with Gasteiger partial charge in [-0.15, -0.1) is 0 Å². The molecule has 0 bridgehead atoms. The molecule has 102 valence electrons. The lowest BCUT2D eigenvalue weighted by atomic mass is 9.95. The van der Waals surface area contributed by atoms with Gasteiger partial charge in [0.2, 0.25) is 0 Å². The Kier molecular flexibility index (Phi) is 5.29. The molecule has 2 nitrogen and oxygen atoms in total. The lowest BCUT2D eigenvalue weighted by molar-refractivity contribution is 0.196. The van der Waals surface area contributed by atoms with E-state index in [1.807, 2.05) is 26.1 Å². The van der Waals surface area contributed by atoms with Crippen LogP contribution < -0.4 is 5.73 Å². The predicted molar refractivity (Wildman–Crippen MR) is 74.9 cm³/mol. The zero-order chi connectivity index (χ0) is 13.8. The van der Waals surface area contributed by atoms with E-state index in [2.05, 4.69) is 18.7 Å². The van der Waals surface area contributed by atoms with Gasteiger partial charge in [-0.05, 0) is 33.4 Å². The van der Waals surface area contributed by atoms with Crippen LogP contribution in [0.4, 0.5) is 4.39 Å². The highest BCUT2D eigenvalue weighted by Crippen LogP contribution is 2.23. The minimum Gasteiger partial charge on any atom is -0.324 e. The molecule has 0 saturated carbocycles. The van der Waals surface area contributed by atoms with Crippen LogP contribution in [0.3, 0.4) is 0 Å². The fourth-order valence-corrected chi connectivity index (χ4v) is 2.41. The zero-order valence-electron chi connectivity index (χ0n) is 11.9. The fourth-order valence-electron chi connectivity index (χ4n) is 2.41. The minimum absolute atomic E-state index is 0.0333. The van der Waals surface area contributed by atoms with Crippen molar-refractivity contribution >= 4 is 0 Å². The van der Waals surface area contributed by atoms with E-state index in [4.69, 9.17) is 5.73 Å². The highest BCUT2D eigenvalue weighted by Gasteiger charge is 2.23. The molecule has 2 unspecified atom stereocenters. The van der Waals surface area contributed by atoms with Gasteiger partial charge in [-0.1, -0.05) is 31.5 Å². The molecule has 2 atom stereocenters. The van der Waals surface area contributed by atoms with Crippen LogP contribution in [0.1, 0.15) is 45.2 Å². The van der Waals surface area contributed by atoms with Crippen LogP contribution in [0, 0.1) is 5.82 Å². The average Bonchev–Trinajstić information content (AvgIpc) is 2.28. The van der Waals surface area contributed by atoms with Crippen molar-refractivity contribution in [2.75, 3.05) is 13.6 Å². The van der Waals surface area contributed by atoms with Gasteiger partial charge in [0, 0.05) is 23.7 Å². The summed E-state index contributed by atoms with van der Waals surface area (Å²) in [6.07, 6.45) is 2.04. The minimum atomic E-state index is -0.219. The van der Waals surface area contributed by atoms with Crippen molar-refractivity contribution < 1.29 is 4.39 Å². The Bertz CT molecular complexity index is 377. The maximum atomic E-state index is 13.7. The summed E-state index contributed by atoms with van der Waals surface area (Å²) in [5.41, 5.74) is 6.76. The maximum Gasteiger partial charge on any atom is 0.127 e. The van der Waals surface area contributed by atoms with Crippen molar-refractivity contribution in [3.63, 3.8) is 0 Å². The van der Waals surface area contributed by atoms with Crippen LogP contribution in [0.25, 0.3) is 0 Å². The molecule has 0 aliphatic carbocycles. The Labute approximate surface area is 110 Å². The first-order valence-corrected chi connectivity index (χ1v) is 6.61. The van der Waals surface area contributed by atoms with Crippen molar-refractivity contribution in [2.24, 2.45) is 5.73 Å². The first-order valence-electron chi connectivity index (χ1n) is 6.61. The Morgan fingerprint density at radius 2 is 2.00 bits per heavy atom. The second-order valence-corrected chi connectivity index (χ2v) is 5.52. The molecule has 0 aliphatic rings. The summed E-state index contributed by atoms with van der Waals surface area (Å²) in [6, 6.07) is 6.97. The molecular weight excluding hydrogens is 227 g/mol. The summed E-state index contributed by atoms with van der Waals surface area (Å²) in [4.78, 5) is 2.12. The summed E-state index contributed by atoms with van der Waals surface area (Å²) in [5, 5.41) is 0. The van der Waals surface area contributed by atoms with E-state index in [0.717, 1.165) is 24.9 Å². The number of nitrogens with two attached hydrogens (primary N) is 1. The molecule has 0 aromatic heterocycles. The van der Waals surface area contributed by atoms with E-state index in [-0.39, 0.29) is 17.4 Å². The SMILES string of the molecule is CCCC(C)(N)CN(C)C(C)c1ccccc1F. The number of nitrogens with zero attached hydrogens (tertiary/aromatic N) is 1. The van der Waals surface area contributed by atoms with Crippen molar-refractivity contribution in [3.8, 4) is 0 Å². The van der Waals surface area contributed by atoms with Crippen LogP contribution in [0.5, 0.6) is 0 Å². The number of hydrogen-bond donors (Lipinski definition) is 1. The quantitative estimate of drug-likeness (QED) is 0.841. The van der Waals surface area contributed by atoms with Gasteiger partial charge >= 0.3 is 0 Å². The molecule has 18 heavy (non-hydrogen) atoms. The number of likely N-dealkylation sites (N-methyl/N-ethyl adjacent to an activating group) is 1. The molecule has 0 spiro atoms. The summed E-state index contributed by atoms with van der Waals surface area (Å²) < 4.78 is 13.7. The van der Waals surface area contributed by atoms with Crippen LogP contribution in [-0.2, 0) is 0 Å². The third kappa shape index (κ3) is 4.07. The molecule has 3 heteroatoms. The second kappa shape index (κ2) is 6.30. The number of rotatable bonds is 6. The number of hydrogen-bond acceptors (Lipinski definition) is 2. The van der Waals surface area contributed by atoms with E-state index in [1.165, 1.54) is 6.07 Å². The van der Waals surface area contributed by atoms with E-state index in [9.17, 15) is 4.39 Å². The predicted octanol–water partition coefficient (Wildman–Crippen LogP) is 3.34. The fraction of sp³-hybridized carbons (Fsp3) is 0.600. The highest BCUT2D eigenvalue weighted by molar-refractivity contribution is 5.20. The maximum absolute atomic E-state index is 13.7. The van der Waals surface area contributed by atoms with E-state index < -0.39 is 0 Å². The summed E-state index contributed by atoms with van der Waals surface area (Å²) in [6.45, 7) is 6.96. The van der Waals surface area contributed by atoms with Crippen molar-refractivity contribution in [1.29, 1.82) is 0 Å². The van der Waals surface area contributed by atoms with E-state index >= 15 is 0 Å². The van der Waals surface area contributed by atoms with Gasteiger partial charge in [-0.25, -0.2) is 4.39 Å². The summed E-state index contributed by atoms with van der Waals surface area (Å²) >= 11 is 0. The topological polar surface area (TPSA) is 29.3 Å². The monoisotopic (exact) mass is 252 g/mol. The molecule has 1 rings (SSSR count). The molecule has 2 N–H and O–H groups in total. The number of halogens is 1. The van der Waals surface area contributed by atoms with Crippen LogP contribution in [0.2, 0.25) is 0 Å². The van der Waals surface area contributed by atoms with Gasteiger partial charge in [-0.3, -0.25) is 4.90 Å². The van der Waals surface area contributed by atoms with Crippen molar-refractivity contribution in [1.82, 2.24) is 4.90 Å². The summed E-state index contributed by atoms with van der Waals surface area (Å²) in [5.74, 6) is -0.147. The van der Waals surface area contributed by atoms with Gasteiger partial charge in [0.1, 0.15) is 5.82 Å². The van der Waals surface area contributed by atoms with Crippen LogP contribution >= 0.6 is 0 Å². The molecular formula is C15H25FN2. The second-order valence-electron chi connectivity index (χ2n) is 5.52.